The quantitative estimate of drug-likeness (QED) is 0.262. The molecule has 4 aromatic rings. The van der Waals surface area contributed by atoms with E-state index in [1.165, 1.54) is 24.5 Å². The standard InChI is InChI=1S/C31H31FN4O5/c1-18-27(20-7-5-6-8-20)30(37)28(19(2)36(18)3)31(38)35-21-9-10-25(23(32)15-21)41-26-11-12-33-24-16-22(17-34-29(24)26)40-14-13-39-4/h7,9-12,15-17H,5-6,8,13-14H2,1-4H3,(H,35,38). The monoisotopic (exact) mass is 558 g/mol. The van der Waals surface area contributed by atoms with E-state index in [0.717, 1.165) is 36.6 Å². The van der Waals surface area contributed by atoms with Crippen LogP contribution in [0.4, 0.5) is 10.1 Å². The van der Waals surface area contributed by atoms with Crippen molar-refractivity contribution < 1.29 is 23.4 Å². The molecule has 0 saturated heterocycles. The molecule has 41 heavy (non-hydrogen) atoms. The van der Waals surface area contributed by atoms with Crippen molar-refractivity contribution in [3.63, 3.8) is 0 Å². The number of hydrogen-bond acceptors (Lipinski definition) is 7. The van der Waals surface area contributed by atoms with Gasteiger partial charge in [0.1, 0.15) is 23.4 Å². The second-order valence-electron chi connectivity index (χ2n) is 9.82. The van der Waals surface area contributed by atoms with Crippen LogP contribution in [0.25, 0.3) is 16.6 Å². The third kappa shape index (κ3) is 5.69. The topological polar surface area (TPSA) is 105 Å². The summed E-state index contributed by atoms with van der Waals surface area (Å²) in [5.41, 5.74) is 3.77. The van der Waals surface area contributed by atoms with Crippen LogP contribution in [0.1, 0.15) is 46.6 Å². The highest BCUT2D eigenvalue weighted by Crippen LogP contribution is 2.32. The maximum Gasteiger partial charge on any atom is 0.261 e. The number of nitrogens with one attached hydrogen (secondary N) is 1. The summed E-state index contributed by atoms with van der Waals surface area (Å²) in [6, 6.07) is 7.38. The highest BCUT2D eigenvalue weighted by Gasteiger charge is 2.24. The molecule has 1 amide bonds. The average molecular weight is 559 g/mol. The Morgan fingerprint density at radius 3 is 2.66 bits per heavy atom. The van der Waals surface area contributed by atoms with E-state index in [0.29, 0.717) is 47.0 Å². The van der Waals surface area contributed by atoms with Gasteiger partial charge in [0, 0.05) is 61.2 Å². The number of benzene rings is 1. The average Bonchev–Trinajstić information content (AvgIpc) is 3.48. The van der Waals surface area contributed by atoms with Gasteiger partial charge in [-0.3, -0.25) is 14.6 Å². The first-order valence-corrected chi connectivity index (χ1v) is 13.3. The molecule has 1 aliphatic rings. The van der Waals surface area contributed by atoms with Gasteiger partial charge in [0.05, 0.1) is 18.3 Å². The van der Waals surface area contributed by atoms with Gasteiger partial charge in [-0.15, -0.1) is 0 Å². The van der Waals surface area contributed by atoms with Crippen LogP contribution in [0.2, 0.25) is 0 Å². The number of hydrogen-bond donors (Lipinski definition) is 1. The Labute approximate surface area is 236 Å². The van der Waals surface area contributed by atoms with Crippen molar-refractivity contribution in [2.45, 2.75) is 33.1 Å². The maximum absolute atomic E-state index is 15.2. The number of anilines is 1. The van der Waals surface area contributed by atoms with Crippen LogP contribution in [-0.2, 0) is 11.8 Å². The molecule has 9 nitrogen and oxygen atoms in total. The van der Waals surface area contributed by atoms with E-state index in [-0.39, 0.29) is 22.4 Å². The molecule has 0 bridgehead atoms. The summed E-state index contributed by atoms with van der Waals surface area (Å²) in [6.07, 6.45) is 7.83. The Morgan fingerprint density at radius 1 is 1.10 bits per heavy atom. The van der Waals surface area contributed by atoms with Gasteiger partial charge in [-0.1, -0.05) is 6.08 Å². The molecule has 0 spiro atoms. The molecule has 0 unspecified atom stereocenters. The molecule has 1 N–H and O–H groups in total. The SMILES string of the molecule is COCCOc1cnc2c(Oc3ccc(NC(=O)c4c(C)n(C)c(C)c(C5=CCCC5)c4=O)cc3F)ccnc2c1. The van der Waals surface area contributed by atoms with Crippen molar-refractivity contribution in [1.82, 2.24) is 14.5 Å². The number of ether oxygens (including phenoxy) is 3. The summed E-state index contributed by atoms with van der Waals surface area (Å²) < 4.78 is 33.4. The van der Waals surface area contributed by atoms with Gasteiger partial charge in [-0.2, -0.15) is 0 Å². The van der Waals surface area contributed by atoms with Crippen LogP contribution in [0.15, 0.2) is 53.6 Å². The van der Waals surface area contributed by atoms with Crippen LogP contribution < -0.4 is 20.2 Å². The highest BCUT2D eigenvalue weighted by molar-refractivity contribution is 6.05. The zero-order chi connectivity index (χ0) is 29.1. The summed E-state index contributed by atoms with van der Waals surface area (Å²) >= 11 is 0. The molecule has 0 atom stereocenters. The normalized spacial score (nSPS) is 12.9. The second kappa shape index (κ2) is 11.9. The van der Waals surface area contributed by atoms with Gasteiger partial charge in [-0.25, -0.2) is 9.37 Å². The van der Waals surface area contributed by atoms with Crippen molar-refractivity contribution in [1.29, 1.82) is 0 Å². The van der Waals surface area contributed by atoms with Crippen molar-refractivity contribution in [2.75, 3.05) is 25.6 Å². The molecule has 1 aliphatic carbocycles. The number of halogens is 1. The smallest absolute Gasteiger partial charge is 0.261 e. The Balaban J connectivity index is 1.37. The molecule has 1 aromatic carbocycles. The van der Waals surface area contributed by atoms with Crippen molar-refractivity contribution >= 4 is 28.2 Å². The molecule has 0 radical (unpaired) electrons. The van der Waals surface area contributed by atoms with E-state index in [1.807, 2.05) is 18.5 Å². The Bertz CT molecular complexity index is 1730. The molecule has 3 heterocycles. The predicted octanol–water partition coefficient (Wildman–Crippen LogP) is 5.72. The molecule has 0 fully saturated rings. The minimum atomic E-state index is -0.697. The lowest BCUT2D eigenvalue weighted by Gasteiger charge is -2.18. The lowest BCUT2D eigenvalue weighted by atomic mass is 9.98. The number of amides is 1. The Hall–Kier alpha value is -4.57. The number of methoxy groups -OCH3 is 1. The minimum absolute atomic E-state index is 0.0431. The zero-order valence-corrected chi connectivity index (χ0v) is 23.4. The molecule has 10 heteroatoms. The lowest BCUT2D eigenvalue weighted by molar-refractivity contribution is 0.102. The molecule has 5 rings (SSSR count). The fourth-order valence-electron chi connectivity index (χ4n) is 4.95. The molecule has 3 aromatic heterocycles. The van der Waals surface area contributed by atoms with Crippen LogP contribution in [-0.4, -0.2) is 40.8 Å². The molecular formula is C31H31FN4O5. The molecule has 0 saturated carbocycles. The van der Waals surface area contributed by atoms with Gasteiger partial charge in [-0.05, 0) is 50.8 Å². The number of carbonyl (C=O) groups is 1. The van der Waals surface area contributed by atoms with Crippen LogP contribution >= 0.6 is 0 Å². The first kappa shape index (κ1) is 28.0. The summed E-state index contributed by atoms with van der Waals surface area (Å²) in [4.78, 5) is 35.4. The van der Waals surface area contributed by atoms with Crippen molar-refractivity contribution in [3.05, 3.63) is 87.4 Å². The lowest BCUT2D eigenvalue weighted by Crippen LogP contribution is -2.29. The highest BCUT2D eigenvalue weighted by atomic mass is 19.1. The number of carbonyl (C=O) groups excluding carboxylic acids is 1. The van der Waals surface area contributed by atoms with Gasteiger partial charge < -0.3 is 24.1 Å². The summed E-state index contributed by atoms with van der Waals surface area (Å²) in [5, 5.41) is 2.68. The van der Waals surface area contributed by atoms with E-state index < -0.39 is 11.7 Å². The first-order chi connectivity index (χ1) is 19.8. The van der Waals surface area contributed by atoms with E-state index in [4.69, 9.17) is 14.2 Å². The number of nitrogens with zero attached hydrogens (tertiary/aromatic N) is 3. The zero-order valence-electron chi connectivity index (χ0n) is 23.4. The Kier molecular flexibility index (Phi) is 8.11. The van der Waals surface area contributed by atoms with Crippen LogP contribution in [0.3, 0.4) is 0 Å². The number of rotatable bonds is 9. The predicted molar refractivity (Wildman–Crippen MR) is 154 cm³/mol. The third-order valence-electron chi connectivity index (χ3n) is 7.25. The summed E-state index contributed by atoms with van der Waals surface area (Å²) in [5.74, 6) is -0.519. The fourth-order valence-corrected chi connectivity index (χ4v) is 4.95. The third-order valence-corrected chi connectivity index (χ3v) is 7.25. The summed E-state index contributed by atoms with van der Waals surface area (Å²) in [7, 11) is 3.42. The van der Waals surface area contributed by atoms with E-state index in [9.17, 15) is 9.59 Å². The van der Waals surface area contributed by atoms with Crippen molar-refractivity contribution in [3.8, 4) is 17.2 Å². The fraction of sp³-hybridized carbons (Fsp3) is 0.290. The van der Waals surface area contributed by atoms with Crippen LogP contribution in [0, 0.1) is 19.7 Å². The molecular weight excluding hydrogens is 527 g/mol. The minimum Gasteiger partial charge on any atom is -0.489 e. The van der Waals surface area contributed by atoms with Crippen LogP contribution in [0.5, 0.6) is 17.2 Å². The van der Waals surface area contributed by atoms with E-state index in [1.54, 1.807) is 26.2 Å². The number of fused-ring (bicyclic) bond motifs is 1. The number of aromatic nitrogens is 3. The van der Waals surface area contributed by atoms with Gasteiger partial charge >= 0.3 is 0 Å². The van der Waals surface area contributed by atoms with E-state index >= 15 is 4.39 Å². The van der Waals surface area contributed by atoms with Gasteiger partial charge in [0.25, 0.3) is 5.91 Å². The van der Waals surface area contributed by atoms with Gasteiger partial charge in [0.15, 0.2) is 17.3 Å². The number of allylic oxidation sites excluding steroid dienone is 2. The largest absolute Gasteiger partial charge is 0.489 e. The molecule has 0 aliphatic heterocycles. The van der Waals surface area contributed by atoms with E-state index in [2.05, 4.69) is 21.4 Å². The van der Waals surface area contributed by atoms with Gasteiger partial charge in [0.2, 0.25) is 5.43 Å². The van der Waals surface area contributed by atoms with Crippen molar-refractivity contribution in [2.24, 2.45) is 7.05 Å². The maximum atomic E-state index is 15.2. The second-order valence-corrected chi connectivity index (χ2v) is 9.82. The first-order valence-electron chi connectivity index (χ1n) is 13.3. The summed E-state index contributed by atoms with van der Waals surface area (Å²) in [6.45, 7) is 4.42. The Morgan fingerprint density at radius 2 is 1.93 bits per heavy atom. The molecule has 212 valence electrons. The number of pyridine rings is 3.